The first-order valence-corrected chi connectivity index (χ1v) is 6.58. The highest BCUT2D eigenvalue weighted by Gasteiger charge is 2.23. The second kappa shape index (κ2) is 6.32. The van der Waals surface area contributed by atoms with Crippen molar-refractivity contribution in [3.05, 3.63) is 34.6 Å². The highest BCUT2D eigenvalue weighted by atomic mass is 35.5. The topological polar surface area (TPSA) is 61.4 Å². The second-order valence-electron chi connectivity index (χ2n) is 4.65. The van der Waals surface area contributed by atoms with E-state index in [1.807, 2.05) is 0 Å². The van der Waals surface area contributed by atoms with E-state index in [1.54, 1.807) is 0 Å². The number of hydrogen-bond acceptors (Lipinski definition) is 3. The average molecular weight is 287 g/mol. The first kappa shape index (κ1) is 14.2. The molecule has 19 heavy (non-hydrogen) atoms. The highest BCUT2D eigenvalue weighted by Crippen LogP contribution is 2.17. The third-order valence-electron chi connectivity index (χ3n) is 3.29. The lowest BCUT2D eigenvalue weighted by Gasteiger charge is -2.28. The summed E-state index contributed by atoms with van der Waals surface area (Å²) in [5.41, 5.74) is 0.116. The fourth-order valence-electron chi connectivity index (χ4n) is 2.13. The molecule has 0 saturated carbocycles. The van der Waals surface area contributed by atoms with Crippen LogP contribution in [-0.4, -0.2) is 36.8 Å². The predicted molar refractivity (Wildman–Crippen MR) is 70.7 cm³/mol. The van der Waals surface area contributed by atoms with Crippen molar-refractivity contribution in [1.29, 1.82) is 0 Å². The van der Waals surface area contributed by atoms with E-state index >= 15 is 0 Å². The number of benzene rings is 1. The van der Waals surface area contributed by atoms with Crippen LogP contribution in [0, 0.1) is 11.7 Å². The van der Waals surface area contributed by atoms with Crippen LogP contribution in [0.4, 0.5) is 4.39 Å². The SMILES string of the molecule is O=C(NC[C@@H]1CCNC[C@H]1O)c1cc(F)ccc1Cl. The van der Waals surface area contributed by atoms with Crippen molar-refractivity contribution >= 4 is 17.5 Å². The van der Waals surface area contributed by atoms with Crippen molar-refractivity contribution in [1.82, 2.24) is 10.6 Å². The highest BCUT2D eigenvalue weighted by molar-refractivity contribution is 6.33. The summed E-state index contributed by atoms with van der Waals surface area (Å²) < 4.78 is 13.1. The molecule has 1 aliphatic rings. The Kier molecular flexibility index (Phi) is 4.74. The van der Waals surface area contributed by atoms with E-state index in [4.69, 9.17) is 11.6 Å². The molecule has 104 valence electrons. The summed E-state index contributed by atoms with van der Waals surface area (Å²) in [5.74, 6) is -0.913. The molecule has 1 aliphatic heterocycles. The van der Waals surface area contributed by atoms with E-state index in [2.05, 4.69) is 10.6 Å². The molecule has 1 fully saturated rings. The van der Waals surface area contributed by atoms with Crippen molar-refractivity contribution in [3.8, 4) is 0 Å². The minimum absolute atomic E-state index is 0.0116. The first-order valence-electron chi connectivity index (χ1n) is 6.20. The number of halogens is 2. The zero-order chi connectivity index (χ0) is 13.8. The average Bonchev–Trinajstić information content (AvgIpc) is 2.40. The molecule has 1 saturated heterocycles. The lowest BCUT2D eigenvalue weighted by Crippen LogP contribution is -2.45. The molecule has 1 aromatic carbocycles. The minimum Gasteiger partial charge on any atom is -0.391 e. The van der Waals surface area contributed by atoms with Crippen molar-refractivity contribution in [2.75, 3.05) is 19.6 Å². The fourth-order valence-corrected chi connectivity index (χ4v) is 2.33. The molecular formula is C13H16ClFN2O2. The maximum Gasteiger partial charge on any atom is 0.252 e. The van der Waals surface area contributed by atoms with Gasteiger partial charge in [-0.3, -0.25) is 4.79 Å². The maximum atomic E-state index is 13.1. The molecule has 0 aliphatic carbocycles. The second-order valence-corrected chi connectivity index (χ2v) is 5.06. The van der Waals surface area contributed by atoms with Gasteiger partial charge in [-0.25, -0.2) is 4.39 Å². The van der Waals surface area contributed by atoms with Gasteiger partial charge < -0.3 is 15.7 Å². The molecule has 1 aromatic rings. The number of β-amino-alcohol motifs (C(OH)–C–C–N with tert-alkyl or cyclic N) is 1. The van der Waals surface area contributed by atoms with Crippen molar-refractivity contribution in [3.63, 3.8) is 0 Å². The number of aliphatic hydroxyl groups excluding tert-OH is 1. The lowest BCUT2D eigenvalue weighted by molar-refractivity contribution is 0.0753. The summed E-state index contributed by atoms with van der Waals surface area (Å²) >= 11 is 5.85. The third kappa shape index (κ3) is 3.65. The summed E-state index contributed by atoms with van der Waals surface area (Å²) in [6.45, 7) is 1.70. The van der Waals surface area contributed by atoms with Gasteiger partial charge in [-0.1, -0.05) is 11.6 Å². The maximum absolute atomic E-state index is 13.1. The minimum atomic E-state index is -0.503. The van der Waals surface area contributed by atoms with Gasteiger partial charge in [0.2, 0.25) is 0 Å². The van der Waals surface area contributed by atoms with Crippen LogP contribution in [0.15, 0.2) is 18.2 Å². The van der Waals surface area contributed by atoms with Crippen LogP contribution in [0.5, 0.6) is 0 Å². The summed E-state index contributed by atoms with van der Waals surface area (Å²) in [4.78, 5) is 11.9. The number of hydrogen-bond donors (Lipinski definition) is 3. The fraction of sp³-hybridized carbons (Fsp3) is 0.462. The molecule has 2 rings (SSSR count). The number of rotatable bonds is 3. The van der Waals surface area contributed by atoms with E-state index in [0.29, 0.717) is 13.1 Å². The Morgan fingerprint density at radius 1 is 1.58 bits per heavy atom. The Hall–Kier alpha value is -1.17. The molecule has 1 heterocycles. The van der Waals surface area contributed by atoms with Crippen LogP contribution in [0.2, 0.25) is 5.02 Å². The Labute approximate surface area is 116 Å². The van der Waals surface area contributed by atoms with E-state index in [-0.39, 0.29) is 16.5 Å². The normalized spacial score (nSPS) is 23.1. The smallest absolute Gasteiger partial charge is 0.252 e. The van der Waals surface area contributed by atoms with Gasteiger partial charge in [-0.05, 0) is 31.2 Å². The van der Waals surface area contributed by atoms with E-state index in [1.165, 1.54) is 12.1 Å². The largest absolute Gasteiger partial charge is 0.391 e. The molecule has 6 heteroatoms. The molecule has 4 nitrogen and oxygen atoms in total. The Morgan fingerprint density at radius 3 is 3.11 bits per heavy atom. The van der Waals surface area contributed by atoms with Gasteiger partial charge in [0, 0.05) is 19.0 Å². The van der Waals surface area contributed by atoms with Crippen molar-refractivity contribution in [2.24, 2.45) is 5.92 Å². The lowest BCUT2D eigenvalue weighted by atomic mass is 9.95. The Bertz CT molecular complexity index is 470. The number of aliphatic hydroxyl groups is 1. The van der Waals surface area contributed by atoms with Crippen LogP contribution >= 0.6 is 11.6 Å². The molecule has 0 aromatic heterocycles. The monoisotopic (exact) mass is 286 g/mol. The number of carbonyl (C=O) groups excluding carboxylic acids is 1. The molecule has 3 N–H and O–H groups in total. The number of carbonyl (C=O) groups is 1. The van der Waals surface area contributed by atoms with Crippen LogP contribution in [0.25, 0.3) is 0 Å². The number of piperidine rings is 1. The van der Waals surface area contributed by atoms with E-state index in [0.717, 1.165) is 19.0 Å². The molecule has 2 atom stereocenters. The molecule has 1 amide bonds. The molecule has 0 radical (unpaired) electrons. The molecule has 0 spiro atoms. The first-order chi connectivity index (χ1) is 9.08. The summed E-state index contributed by atoms with van der Waals surface area (Å²) in [6, 6.07) is 3.66. The van der Waals surface area contributed by atoms with Gasteiger partial charge >= 0.3 is 0 Å². The van der Waals surface area contributed by atoms with Crippen LogP contribution in [0.1, 0.15) is 16.8 Å². The zero-order valence-corrected chi connectivity index (χ0v) is 11.1. The molecular weight excluding hydrogens is 271 g/mol. The summed E-state index contributed by atoms with van der Waals surface area (Å²) in [5, 5.41) is 15.7. The van der Waals surface area contributed by atoms with Crippen molar-refractivity contribution in [2.45, 2.75) is 12.5 Å². The van der Waals surface area contributed by atoms with Crippen LogP contribution < -0.4 is 10.6 Å². The van der Waals surface area contributed by atoms with E-state index < -0.39 is 17.8 Å². The molecule has 0 bridgehead atoms. The van der Waals surface area contributed by atoms with Crippen molar-refractivity contribution < 1.29 is 14.3 Å². The summed E-state index contributed by atoms with van der Waals surface area (Å²) in [6.07, 6.45) is 0.315. The standard InChI is InChI=1S/C13H16ClFN2O2/c14-11-2-1-9(15)5-10(11)13(19)17-6-8-3-4-16-7-12(8)18/h1-2,5,8,12,16,18H,3-4,6-7H2,(H,17,19)/t8-,12+/m0/s1. The Morgan fingerprint density at radius 2 is 2.37 bits per heavy atom. The number of nitrogens with one attached hydrogen (secondary N) is 2. The Balaban J connectivity index is 1.95. The van der Waals surface area contributed by atoms with Gasteiger partial charge in [-0.2, -0.15) is 0 Å². The van der Waals surface area contributed by atoms with Gasteiger partial charge in [0.05, 0.1) is 16.7 Å². The number of amides is 1. The third-order valence-corrected chi connectivity index (χ3v) is 3.62. The van der Waals surface area contributed by atoms with E-state index in [9.17, 15) is 14.3 Å². The molecule has 0 unspecified atom stereocenters. The van der Waals surface area contributed by atoms with Gasteiger partial charge in [0.1, 0.15) is 5.82 Å². The predicted octanol–water partition coefficient (Wildman–Crippen LogP) is 1.18. The zero-order valence-electron chi connectivity index (χ0n) is 10.3. The summed E-state index contributed by atoms with van der Waals surface area (Å²) in [7, 11) is 0. The van der Waals surface area contributed by atoms with Gasteiger partial charge in [0.15, 0.2) is 0 Å². The van der Waals surface area contributed by atoms with Gasteiger partial charge in [0.25, 0.3) is 5.91 Å². The quantitative estimate of drug-likeness (QED) is 0.782. The van der Waals surface area contributed by atoms with Gasteiger partial charge in [-0.15, -0.1) is 0 Å². The van der Waals surface area contributed by atoms with Crippen LogP contribution in [-0.2, 0) is 0 Å². The van der Waals surface area contributed by atoms with Crippen LogP contribution in [0.3, 0.4) is 0 Å².